The average molecular weight is 286 g/mol. The number of benzene rings is 1. The zero-order valence-corrected chi connectivity index (χ0v) is 12.0. The van der Waals surface area contributed by atoms with Gasteiger partial charge in [0, 0.05) is 25.7 Å². The zero-order valence-electron chi connectivity index (χ0n) is 12.0. The molecular formula is C16H18N2O3. The summed E-state index contributed by atoms with van der Waals surface area (Å²) in [5.74, 6) is 0.358. The Kier molecular flexibility index (Phi) is 5.95. The van der Waals surface area contributed by atoms with Crippen molar-refractivity contribution < 1.29 is 14.2 Å². The minimum absolute atomic E-state index is 0.358. The van der Waals surface area contributed by atoms with E-state index >= 15 is 0 Å². The van der Waals surface area contributed by atoms with E-state index in [9.17, 15) is 0 Å². The van der Waals surface area contributed by atoms with Crippen LogP contribution < -0.4 is 4.74 Å². The molecule has 1 heterocycles. The number of fused-ring (bicyclic) bond motifs is 1. The van der Waals surface area contributed by atoms with Gasteiger partial charge in [-0.15, -0.1) is 0 Å². The van der Waals surface area contributed by atoms with Crippen LogP contribution in [-0.4, -0.2) is 38.5 Å². The molecule has 2 rings (SSSR count). The first-order valence-corrected chi connectivity index (χ1v) is 6.84. The number of nitrogens with zero attached hydrogens (tertiary/aromatic N) is 2. The number of ether oxygens (including phenoxy) is 3. The fraction of sp³-hybridized carbons (Fsp3) is 0.375. The largest absolute Gasteiger partial charge is 0.474 e. The van der Waals surface area contributed by atoms with Crippen molar-refractivity contribution in [2.45, 2.75) is 6.42 Å². The highest BCUT2D eigenvalue weighted by Gasteiger charge is 2.07. The molecule has 0 N–H and O–H groups in total. The molecular weight excluding hydrogens is 268 g/mol. The highest BCUT2D eigenvalue weighted by molar-refractivity contribution is 5.80. The van der Waals surface area contributed by atoms with Crippen LogP contribution in [0.4, 0.5) is 0 Å². The van der Waals surface area contributed by atoms with Crippen molar-refractivity contribution in [1.82, 2.24) is 4.98 Å². The number of methoxy groups -OCH3 is 1. The third-order valence-electron chi connectivity index (χ3n) is 2.91. The molecule has 5 nitrogen and oxygen atoms in total. The van der Waals surface area contributed by atoms with Crippen LogP contribution in [0.2, 0.25) is 0 Å². The molecule has 0 saturated carbocycles. The summed E-state index contributed by atoms with van der Waals surface area (Å²) in [5.41, 5.74) is 1.25. The normalized spacial score (nSPS) is 10.5. The SMILES string of the molecule is COCCCOCCOc1nc2ccccc2cc1C#N. The molecule has 0 amide bonds. The average Bonchev–Trinajstić information content (AvgIpc) is 2.53. The molecule has 0 fully saturated rings. The third-order valence-corrected chi connectivity index (χ3v) is 2.91. The summed E-state index contributed by atoms with van der Waals surface area (Å²) in [6, 6.07) is 11.5. The van der Waals surface area contributed by atoms with E-state index in [1.807, 2.05) is 24.3 Å². The maximum Gasteiger partial charge on any atom is 0.232 e. The van der Waals surface area contributed by atoms with Gasteiger partial charge in [0.25, 0.3) is 0 Å². The van der Waals surface area contributed by atoms with Crippen LogP contribution in [-0.2, 0) is 9.47 Å². The lowest BCUT2D eigenvalue weighted by molar-refractivity contribution is 0.0796. The Morgan fingerprint density at radius 3 is 2.81 bits per heavy atom. The Balaban J connectivity index is 1.90. The molecule has 21 heavy (non-hydrogen) atoms. The predicted octanol–water partition coefficient (Wildman–Crippen LogP) is 2.54. The van der Waals surface area contributed by atoms with Crippen molar-refractivity contribution in [2.75, 3.05) is 33.5 Å². The van der Waals surface area contributed by atoms with E-state index in [1.165, 1.54) is 0 Å². The summed E-state index contributed by atoms with van der Waals surface area (Å²) in [6.45, 7) is 2.15. The molecule has 0 atom stereocenters. The summed E-state index contributed by atoms with van der Waals surface area (Å²) in [7, 11) is 1.66. The lowest BCUT2D eigenvalue weighted by Gasteiger charge is -2.08. The number of para-hydroxylation sites is 1. The van der Waals surface area contributed by atoms with Gasteiger partial charge in [-0.25, -0.2) is 4.98 Å². The summed E-state index contributed by atoms with van der Waals surface area (Å²) in [6.07, 6.45) is 0.855. The molecule has 5 heteroatoms. The second-order valence-corrected chi connectivity index (χ2v) is 4.45. The van der Waals surface area contributed by atoms with Crippen molar-refractivity contribution in [1.29, 1.82) is 5.26 Å². The minimum atomic E-state index is 0.358. The smallest absolute Gasteiger partial charge is 0.232 e. The van der Waals surface area contributed by atoms with E-state index in [0.717, 1.165) is 17.3 Å². The molecule has 110 valence electrons. The number of hydrogen-bond donors (Lipinski definition) is 0. The standard InChI is InChI=1S/C16H18N2O3/c1-19-7-4-8-20-9-10-21-16-14(12-17)11-13-5-2-3-6-15(13)18-16/h2-3,5-6,11H,4,7-10H2,1H3. The Bertz CT molecular complexity index is 622. The van der Waals surface area contributed by atoms with E-state index in [2.05, 4.69) is 11.1 Å². The Morgan fingerprint density at radius 1 is 1.14 bits per heavy atom. The summed E-state index contributed by atoms with van der Waals surface area (Å²) < 4.78 is 15.9. The first kappa shape index (κ1) is 15.2. The lowest BCUT2D eigenvalue weighted by Crippen LogP contribution is -2.10. The monoisotopic (exact) mass is 286 g/mol. The van der Waals surface area contributed by atoms with E-state index in [0.29, 0.717) is 37.9 Å². The van der Waals surface area contributed by atoms with Crippen LogP contribution in [0.5, 0.6) is 5.88 Å². The molecule has 1 aromatic carbocycles. The van der Waals surface area contributed by atoms with Gasteiger partial charge in [0.2, 0.25) is 5.88 Å². The Labute approximate surface area is 124 Å². The van der Waals surface area contributed by atoms with Crippen LogP contribution in [0.1, 0.15) is 12.0 Å². The quantitative estimate of drug-likeness (QED) is 0.698. The molecule has 0 saturated heterocycles. The molecule has 0 aliphatic carbocycles. The first-order chi connectivity index (χ1) is 10.3. The van der Waals surface area contributed by atoms with Gasteiger partial charge < -0.3 is 14.2 Å². The van der Waals surface area contributed by atoms with Crippen LogP contribution in [0, 0.1) is 11.3 Å². The van der Waals surface area contributed by atoms with E-state index in [-0.39, 0.29) is 0 Å². The highest BCUT2D eigenvalue weighted by Crippen LogP contribution is 2.21. The number of pyridine rings is 1. The van der Waals surface area contributed by atoms with Gasteiger partial charge >= 0.3 is 0 Å². The lowest BCUT2D eigenvalue weighted by atomic mass is 10.1. The van der Waals surface area contributed by atoms with Crippen LogP contribution in [0.25, 0.3) is 10.9 Å². The van der Waals surface area contributed by atoms with E-state index in [4.69, 9.17) is 19.5 Å². The summed E-state index contributed by atoms with van der Waals surface area (Å²) in [5, 5.41) is 10.1. The molecule has 1 aromatic heterocycles. The predicted molar refractivity (Wildman–Crippen MR) is 79.3 cm³/mol. The van der Waals surface area contributed by atoms with Crippen molar-refractivity contribution in [3.05, 3.63) is 35.9 Å². The molecule has 0 spiro atoms. The van der Waals surface area contributed by atoms with Gasteiger partial charge in [-0.3, -0.25) is 0 Å². The topological polar surface area (TPSA) is 64.4 Å². The van der Waals surface area contributed by atoms with Gasteiger partial charge in [0.05, 0.1) is 12.1 Å². The molecule has 0 aliphatic heterocycles. The van der Waals surface area contributed by atoms with Gasteiger partial charge in [0.1, 0.15) is 18.2 Å². The van der Waals surface area contributed by atoms with Gasteiger partial charge in [-0.05, 0) is 18.6 Å². The second-order valence-electron chi connectivity index (χ2n) is 4.45. The Morgan fingerprint density at radius 2 is 2.00 bits per heavy atom. The number of aromatic nitrogens is 1. The van der Waals surface area contributed by atoms with Gasteiger partial charge in [0.15, 0.2) is 0 Å². The molecule has 0 unspecified atom stereocenters. The van der Waals surface area contributed by atoms with Crippen molar-refractivity contribution in [2.24, 2.45) is 0 Å². The Hall–Kier alpha value is -2.16. The fourth-order valence-electron chi connectivity index (χ4n) is 1.89. The van der Waals surface area contributed by atoms with E-state index in [1.54, 1.807) is 13.2 Å². The molecule has 0 radical (unpaired) electrons. The van der Waals surface area contributed by atoms with Crippen LogP contribution in [0.15, 0.2) is 30.3 Å². The minimum Gasteiger partial charge on any atom is -0.474 e. The van der Waals surface area contributed by atoms with Crippen molar-refractivity contribution in [3.8, 4) is 11.9 Å². The summed E-state index contributed by atoms with van der Waals surface area (Å²) in [4.78, 5) is 4.37. The maximum absolute atomic E-state index is 9.16. The second kappa shape index (κ2) is 8.20. The number of rotatable bonds is 8. The van der Waals surface area contributed by atoms with E-state index < -0.39 is 0 Å². The first-order valence-electron chi connectivity index (χ1n) is 6.84. The number of nitriles is 1. The van der Waals surface area contributed by atoms with Crippen molar-refractivity contribution in [3.63, 3.8) is 0 Å². The zero-order chi connectivity index (χ0) is 14.9. The molecule has 0 aliphatic rings. The van der Waals surface area contributed by atoms with Gasteiger partial charge in [-0.2, -0.15) is 5.26 Å². The van der Waals surface area contributed by atoms with Crippen LogP contribution in [0.3, 0.4) is 0 Å². The van der Waals surface area contributed by atoms with Crippen LogP contribution >= 0.6 is 0 Å². The number of hydrogen-bond acceptors (Lipinski definition) is 5. The molecule has 2 aromatic rings. The highest BCUT2D eigenvalue weighted by atomic mass is 16.5. The molecule has 0 bridgehead atoms. The third kappa shape index (κ3) is 4.42. The van der Waals surface area contributed by atoms with Gasteiger partial charge in [-0.1, -0.05) is 18.2 Å². The fourth-order valence-corrected chi connectivity index (χ4v) is 1.89. The summed E-state index contributed by atoms with van der Waals surface area (Å²) >= 11 is 0. The van der Waals surface area contributed by atoms with Crippen molar-refractivity contribution >= 4 is 10.9 Å². The maximum atomic E-state index is 9.16.